The van der Waals surface area contributed by atoms with Crippen LogP contribution in [0.1, 0.15) is 5.56 Å². The van der Waals surface area contributed by atoms with Gasteiger partial charge < -0.3 is 4.74 Å². The van der Waals surface area contributed by atoms with E-state index in [1.54, 1.807) is 6.20 Å². The molecule has 7 nitrogen and oxygen atoms in total. The number of halogens is 1. The summed E-state index contributed by atoms with van der Waals surface area (Å²) >= 11 is 6.03. The number of methoxy groups -OCH3 is 1. The van der Waals surface area contributed by atoms with Crippen LogP contribution in [0.2, 0.25) is 5.02 Å². The van der Waals surface area contributed by atoms with E-state index in [1.807, 2.05) is 36.4 Å². The van der Waals surface area contributed by atoms with Crippen LogP contribution in [-0.4, -0.2) is 37.0 Å². The Morgan fingerprint density at radius 1 is 1.10 bits per heavy atom. The maximum absolute atomic E-state index is 13.5. The molecule has 0 atom stereocenters. The summed E-state index contributed by atoms with van der Waals surface area (Å²) in [6.45, 7) is 0.320. The number of sulfonamides is 1. The summed E-state index contributed by atoms with van der Waals surface area (Å²) in [7, 11) is -2.53. The van der Waals surface area contributed by atoms with E-state index in [4.69, 9.17) is 16.3 Å². The largest absolute Gasteiger partial charge is 0.480 e. The highest BCUT2D eigenvalue weighted by Gasteiger charge is 2.34. The van der Waals surface area contributed by atoms with Gasteiger partial charge in [0.25, 0.3) is 10.0 Å². The summed E-state index contributed by atoms with van der Waals surface area (Å²) in [4.78, 5) is 12.3. The van der Waals surface area contributed by atoms with Crippen LogP contribution in [0.4, 0.5) is 5.69 Å². The van der Waals surface area contributed by atoms with Crippen LogP contribution >= 0.6 is 11.6 Å². The van der Waals surface area contributed by atoms with Crippen molar-refractivity contribution in [3.8, 4) is 17.0 Å². The summed E-state index contributed by atoms with van der Waals surface area (Å²) in [5.74, 6) is 0.0172. The lowest BCUT2D eigenvalue weighted by Crippen LogP contribution is -2.29. The van der Waals surface area contributed by atoms with Gasteiger partial charge in [-0.25, -0.2) is 23.4 Å². The van der Waals surface area contributed by atoms with Gasteiger partial charge in [0.2, 0.25) is 5.88 Å². The second kappa shape index (κ2) is 7.47. The second-order valence-electron chi connectivity index (χ2n) is 7.09. The Kier molecular flexibility index (Phi) is 4.75. The summed E-state index contributed by atoms with van der Waals surface area (Å²) in [5.41, 5.74) is 4.44. The fourth-order valence-electron chi connectivity index (χ4n) is 3.94. The number of hydrogen-bond acceptors (Lipinski definition) is 6. The van der Waals surface area contributed by atoms with Crippen LogP contribution in [-0.2, 0) is 16.4 Å². The lowest BCUT2D eigenvalue weighted by atomic mass is 9.97. The predicted molar refractivity (Wildman–Crippen MR) is 119 cm³/mol. The lowest BCUT2D eigenvalue weighted by molar-refractivity contribution is 0.385. The zero-order chi connectivity index (χ0) is 21.6. The molecular formula is C22H17ClN4O3S. The standard InChI is InChI=1S/C22H17ClN4O3S/c1-30-22-21(10-16(23)12-25-22)31(28,29)27-8-7-18-17(3-2-4-20(18)27)14-5-6-19-15(9-14)11-24-13-26-19/h2-6,9-13H,7-8H2,1H3. The van der Waals surface area contributed by atoms with Gasteiger partial charge in [0.1, 0.15) is 6.33 Å². The maximum Gasteiger partial charge on any atom is 0.269 e. The molecule has 0 saturated carbocycles. The fraction of sp³-hybridized carbons (Fsp3) is 0.136. The predicted octanol–water partition coefficient (Wildman–Crippen LogP) is 4.11. The molecule has 0 unspecified atom stereocenters. The summed E-state index contributed by atoms with van der Waals surface area (Å²) in [5, 5.41) is 1.15. The zero-order valence-corrected chi connectivity index (χ0v) is 18.1. The van der Waals surface area contributed by atoms with Gasteiger partial charge in [0.15, 0.2) is 4.90 Å². The van der Waals surface area contributed by atoms with E-state index >= 15 is 0 Å². The van der Waals surface area contributed by atoms with Crippen molar-refractivity contribution in [3.05, 3.63) is 71.8 Å². The van der Waals surface area contributed by atoms with Crippen molar-refractivity contribution in [1.82, 2.24) is 15.0 Å². The molecule has 0 bridgehead atoms. The molecule has 0 fully saturated rings. The molecule has 1 aliphatic rings. The van der Waals surface area contributed by atoms with Gasteiger partial charge in [-0.05, 0) is 47.4 Å². The topological polar surface area (TPSA) is 85.3 Å². The number of nitrogens with zero attached hydrogens (tertiary/aromatic N) is 4. The summed E-state index contributed by atoms with van der Waals surface area (Å²) in [6, 6.07) is 13.0. The molecule has 4 aromatic rings. The number of pyridine rings is 1. The first-order valence-electron chi connectivity index (χ1n) is 9.53. The molecule has 2 aromatic heterocycles. The fourth-order valence-corrected chi connectivity index (χ4v) is 5.80. The molecule has 2 aromatic carbocycles. The number of rotatable bonds is 4. The van der Waals surface area contributed by atoms with E-state index in [2.05, 4.69) is 15.0 Å². The highest BCUT2D eigenvalue weighted by molar-refractivity contribution is 7.93. The average molecular weight is 453 g/mol. The highest BCUT2D eigenvalue weighted by Crippen LogP contribution is 2.40. The highest BCUT2D eigenvalue weighted by atomic mass is 35.5. The van der Waals surface area contributed by atoms with Crippen LogP contribution in [0.5, 0.6) is 5.88 Å². The van der Waals surface area contributed by atoms with E-state index in [0.29, 0.717) is 18.7 Å². The first kappa shape index (κ1) is 19.7. The first-order valence-corrected chi connectivity index (χ1v) is 11.3. The molecule has 9 heteroatoms. The van der Waals surface area contributed by atoms with Crippen molar-refractivity contribution in [2.24, 2.45) is 0 Å². The number of fused-ring (bicyclic) bond motifs is 2. The van der Waals surface area contributed by atoms with Crippen molar-refractivity contribution < 1.29 is 13.2 Å². The monoisotopic (exact) mass is 452 g/mol. The summed E-state index contributed by atoms with van der Waals surface area (Å²) < 4.78 is 33.5. The smallest absolute Gasteiger partial charge is 0.269 e. The molecule has 0 radical (unpaired) electrons. The number of aromatic nitrogens is 3. The van der Waals surface area contributed by atoms with E-state index in [-0.39, 0.29) is 15.8 Å². The van der Waals surface area contributed by atoms with Crippen molar-refractivity contribution in [2.45, 2.75) is 11.3 Å². The minimum Gasteiger partial charge on any atom is -0.480 e. The Balaban J connectivity index is 1.61. The van der Waals surface area contributed by atoms with Crippen molar-refractivity contribution >= 4 is 38.2 Å². The number of hydrogen-bond donors (Lipinski definition) is 0. The molecule has 0 saturated heterocycles. The van der Waals surface area contributed by atoms with Gasteiger partial charge in [-0.2, -0.15) is 0 Å². The number of ether oxygens (including phenoxy) is 1. The number of anilines is 1. The van der Waals surface area contributed by atoms with Gasteiger partial charge >= 0.3 is 0 Å². The molecule has 3 heterocycles. The van der Waals surface area contributed by atoms with Crippen LogP contribution in [0, 0.1) is 0 Å². The molecular weight excluding hydrogens is 436 g/mol. The van der Waals surface area contributed by atoms with Crippen LogP contribution in [0.3, 0.4) is 0 Å². The van der Waals surface area contributed by atoms with E-state index < -0.39 is 10.0 Å². The zero-order valence-electron chi connectivity index (χ0n) is 16.5. The Morgan fingerprint density at radius 2 is 1.97 bits per heavy atom. The first-order chi connectivity index (χ1) is 15.0. The van der Waals surface area contributed by atoms with Crippen molar-refractivity contribution in [1.29, 1.82) is 0 Å². The quantitative estimate of drug-likeness (QED) is 0.463. The van der Waals surface area contributed by atoms with Crippen molar-refractivity contribution in [3.63, 3.8) is 0 Å². The Hall–Kier alpha value is -3.23. The molecule has 0 aliphatic carbocycles. The molecule has 0 N–H and O–H groups in total. The van der Waals surface area contributed by atoms with Crippen molar-refractivity contribution in [2.75, 3.05) is 18.0 Å². The molecule has 5 rings (SSSR count). The van der Waals surface area contributed by atoms with E-state index in [1.165, 1.54) is 30.0 Å². The lowest BCUT2D eigenvalue weighted by Gasteiger charge is -2.21. The Labute approximate surface area is 184 Å². The minimum atomic E-state index is -3.91. The van der Waals surface area contributed by atoms with Crippen LogP contribution in [0.15, 0.2) is 66.1 Å². The second-order valence-corrected chi connectivity index (χ2v) is 9.35. The van der Waals surface area contributed by atoms with Gasteiger partial charge in [-0.1, -0.05) is 29.8 Å². The third-order valence-corrected chi connectivity index (χ3v) is 7.36. The Morgan fingerprint density at radius 3 is 2.81 bits per heavy atom. The molecule has 156 valence electrons. The maximum atomic E-state index is 13.5. The SMILES string of the molecule is COc1ncc(Cl)cc1S(=O)(=O)N1CCc2c(-c3ccc4ncncc4c3)cccc21. The van der Waals surface area contributed by atoms with Gasteiger partial charge in [0, 0.05) is 24.3 Å². The molecule has 31 heavy (non-hydrogen) atoms. The van der Waals surface area contributed by atoms with Gasteiger partial charge in [0.05, 0.1) is 23.3 Å². The normalized spacial score (nSPS) is 13.4. The molecule has 0 amide bonds. The van der Waals surface area contributed by atoms with Crippen LogP contribution < -0.4 is 9.04 Å². The molecule has 1 aliphatic heterocycles. The average Bonchev–Trinajstić information content (AvgIpc) is 3.24. The third kappa shape index (κ3) is 3.28. The summed E-state index contributed by atoms with van der Waals surface area (Å²) in [6.07, 6.45) is 5.23. The van der Waals surface area contributed by atoms with Gasteiger partial charge in [-0.15, -0.1) is 0 Å². The van der Waals surface area contributed by atoms with Gasteiger partial charge in [-0.3, -0.25) is 4.31 Å². The Bertz CT molecular complexity index is 1430. The molecule has 0 spiro atoms. The van der Waals surface area contributed by atoms with E-state index in [9.17, 15) is 8.42 Å². The van der Waals surface area contributed by atoms with E-state index in [0.717, 1.165) is 27.6 Å². The third-order valence-electron chi connectivity index (χ3n) is 5.35. The minimum absolute atomic E-state index is 0.0172. The van der Waals surface area contributed by atoms with Crippen LogP contribution in [0.25, 0.3) is 22.0 Å². The number of benzene rings is 2.